The van der Waals surface area contributed by atoms with Gasteiger partial charge in [-0.05, 0) is 41.6 Å². The Balaban J connectivity index is 2.37. The minimum absolute atomic E-state index is 0.222. The first-order valence-electron chi connectivity index (χ1n) is 6.06. The van der Waals surface area contributed by atoms with Crippen molar-refractivity contribution in [3.8, 4) is 0 Å². The van der Waals surface area contributed by atoms with Gasteiger partial charge in [-0.1, -0.05) is 51.8 Å². The lowest BCUT2D eigenvalue weighted by molar-refractivity contribution is -0.0333. The third-order valence-corrected chi connectivity index (χ3v) is 4.56. The number of Topliss-reactive ketones (excluding diaryl/α,β-unsaturated/α-hetero) is 1. The highest BCUT2D eigenvalue weighted by molar-refractivity contribution is 9.10. The maximum atomic E-state index is 12.8. The summed E-state index contributed by atoms with van der Waals surface area (Å²) >= 11 is 8.63. The van der Waals surface area contributed by atoms with E-state index in [1.54, 1.807) is 12.1 Å². The number of benzene rings is 2. The van der Waals surface area contributed by atoms with Crippen LogP contribution in [0.1, 0.15) is 21.2 Å². The number of thioether (sulfide) groups is 1. The van der Waals surface area contributed by atoms with Gasteiger partial charge in [0, 0.05) is 15.1 Å². The van der Waals surface area contributed by atoms with Crippen LogP contribution in [0.25, 0.3) is 0 Å². The number of carbonyl (C=O) groups excluding carboxylic acids is 1. The highest BCUT2D eigenvalue weighted by Crippen LogP contribution is 2.43. The van der Waals surface area contributed by atoms with E-state index in [0.29, 0.717) is 5.02 Å². The van der Waals surface area contributed by atoms with E-state index in [-0.39, 0.29) is 22.9 Å². The average molecular weight is 410 g/mol. The van der Waals surface area contributed by atoms with Gasteiger partial charge in [-0.3, -0.25) is 4.79 Å². The first kappa shape index (κ1) is 17.4. The van der Waals surface area contributed by atoms with Gasteiger partial charge in [0.25, 0.3) is 0 Å². The first-order valence-corrected chi connectivity index (χ1v) is 8.11. The van der Waals surface area contributed by atoms with Crippen molar-refractivity contribution in [2.24, 2.45) is 0 Å². The summed E-state index contributed by atoms with van der Waals surface area (Å²) in [7, 11) is 0. The topological polar surface area (TPSA) is 17.1 Å². The molecule has 116 valence electrons. The van der Waals surface area contributed by atoms with E-state index in [2.05, 4.69) is 15.9 Å². The van der Waals surface area contributed by atoms with Gasteiger partial charge >= 0.3 is 5.51 Å². The Bertz CT molecular complexity index is 656. The molecule has 2 aromatic rings. The maximum Gasteiger partial charge on any atom is 0.442 e. The molecule has 0 bridgehead atoms. The molecule has 0 unspecified atom stereocenters. The van der Waals surface area contributed by atoms with Crippen molar-refractivity contribution in [2.45, 2.75) is 10.8 Å². The molecule has 1 nitrogen and oxygen atoms in total. The highest BCUT2D eigenvalue weighted by atomic mass is 79.9. The largest absolute Gasteiger partial charge is 0.442 e. The van der Waals surface area contributed by atoms with Crippen LogP contribution in [0.2, 0.25) is 5.02 Å². The molecule has 0 fully saturated rings. The van der Waals surface area contributed by atoms with Crippen molar-refractivity contribution in [1.29, 1.82) is 0 Å². The Labute approximate surface area is 143 Å². The summed E-state index contributed by atoms with van der Waals surface area (Å²) in [5.74, 6) is -0.600. The van der Waals surface area contributed by atoms with E-state index in [4.69, 9.17) is 11.6 Å². The van der Waals surface area contributed by atoms with Crippen molar-refractivity contribution in [3.05, 3.63) is 69.2 Å². The minimum Gasteiger partial charge on any atom is -0.293 e. The number of ketones is 1. The SMILES string of the molecule is O=C(c1ccc(Br)cc1)[C@H](SC(F)(F)F)c1ccc(Cl)cc1. The normalized spacial score (nSPS) is 13.0. The molecule has 0 saturated carbocycles. The Morgan fingerprint density at radius 1 is 1.05 bits per heavy atom. The second kappa shape index (κ2) is 7.06. The number of halogens is 5. The number of hydrogen-bond acceptors (Lipinski definition) is 2. The van der Waals surface area contributed by atoms with Gasteiger partial charge in [-0.15, -0.1) is 0 Å². The van der Waals surface area contributed by atoms with Gasteiger partial charge in [-0.2, -0.15) is 13.2 Å². The summed E-state index contributed by atoms with van der Waals surface area (Å²) in [6.45, 7) is 0. The monoisotopic (exact) mass is 408 g/mol. The van der Waals surface area contributed by atoms with E-state index in [0.717, 1.165) is 4.47 Å². The van der Waals surface area contributed by atoms with Crippen LogP contribution in [0.15, 0.2) is 53.0 Å². The fourth-order valence-electron chi connectivity index (χ4n) is 1.81. The third-order valence-electron chi connectivity index (χ3n) is 2.79. The quantitative estimate of drug-likeness (QED) is 0.553. The van der Waals surface area contributed by atoms with Crippen molar-refractivity contribution in [3.63, 3.8) is 0 Å². The molecule has 0 aliphatic heterocycles. The summed E-state index contributed by atoms with van der Waals surface area (Å²) < 4.78 is 39.1. The predicted molar refractivity (Wildman–Crippen MR) is 86.3 cm³/mol. The zero-order valence-electron chi connectivity index (χ0n) is 10.9. The van der Waals surface area contributed by atoms with Crippen LogP contribution in [-0.2, 0) is 0 Å². The molecule has 0 aliphatic rings. The fraction of sp³-hybridized carbons (Fsp3) is 0.133. The summed E-state index contributed by atoms with van der Waals surface area (Å²) in [6, 6.07) is 12.0. The van der Waals surface area contributed by atoms with E-state index in [1.807, 2.05) is 0 Å². The van der Waals surface area contributed by atoms with Crippen LogP contribution in [0, 0.1) is 0 Å². The van der Waals surface area contributed by atoms with Gasteiger partial charge in [0.2, 0.25) is 0 Å². The van der Waals surface area contributed by atoms with Crippen LogP contribution in [0.5, 0.6) is 0 Å². The van der Waals surface area contributed by atoms with Crippen molar-refractivity contribution in [2.75, 3.05) is 0 Å². The Hall–Kier alpha value is -0.980. The van der Waals surface area contributed by atoms with Gasteiger partial charge in [-0.25, -0.2) is 0 Å². The van der Waals surface area contributed by atoms with Gasteiger partial charge < -0.3 is 0 Å². The second-order valence-electron chi connectivity index (χ2n) is 4.37. The van der Waals surface area contributed by atoms with Crippen molar-refractivity contribution in [1.82, 2.24) is 0 Å². The van der Waals surface area contributed by atoms with Crippen LogP contribution in [-0.4, -0.2) is 11.3 Å². The molecular weight excluding hydrogens is 401 g/mol. The van der Waals surface area contributed by atoms with E-state index < -0.39 is 16.5 Å². The zero-order chi connectivity index (χ0) is 16.3. The Kier molecular flexibility index (Phi) is 5.58. The molecule has 0 amide bonds. The molecule has 7 heteroatoms. The van der Waals surface area contributed by atoms with E-state index in [1.165, 1.54) is 36.4 Å². The van der Waals surface area contributed by atoms with Gasteiger partial charge in [0.05, 0.1) is 0 Å². The summed E-state index contributed by atoms with van der Waals surface area (Å²) in [6.07, 6.45) is 0. The lowest BCUT2D eigenvalue weighted by atomic mass is 10.0. The van der Waals surface area contributed by atoms with Crippen LogP contribution in [0.3, 0.4) is 0 Å². The maximum absolute atomic E-state index is 12.8. The molecule has 0 spiro atoms. The standard InChI is InChI=1S/C15H9BrClF3OS/c16-11-5-1-9(2-6-11)13(21)14(22-15(18,19)20)10-3-7-12(17)8-4-10/h1-8,14H/t14-/m1/s1. The number of hydrogen-bond donors (Lipinski definition) is 0. The molecule has 0 saturated heterocycles. The molecule has 0 aromatic heterocycles. The van der Waals surface area contributed by atoms with Crippen molar-refractivity contribution < 1.29 is 18.0 Å². The molecule has 22 heavy (non-hydrogen) atoms. The summed E-state index contributed by atoms with van der Waals surface area (Å²) in [4.78, 5) is 12.5. The average Bonchev–Trinajstić information content (AvgIpc) is 2.45. The highest BCUT2D eigenvalue weighted by Gasteiger charge is 2.37. The molecule has 1 atom stereocenters. The first-order chi connectivity index (χ1) is 10.3. The fourth-order valence-corrected chi connectivity index (χ4v) is 3.00. The van der Waals surface area contributed by atoms with Gasteiger partial charge in [0.1, 0.15) is 5.25 Å². The summed E-state index contributed by atoms with van der Waals surface area (Å²) in [5.41, 5.74) is -4.03. The molecule has 0 aliphatic carbocycles. The van der Waals surface area contributed by atoms with Crippen LogP contribution < -0.4 is 0 Å². The summed E-state index contributed by atoms with van der Waals surface area (Å²) in [5, 5.41) is -0.964. The van der Waals surface area contributed by atoms with Crippen LogP contribution >= 0.6 is 39.3 Å². The Morgan fingerprint density at radius 3 is 2.09 bits per heavy atom. The van der Waals surface area contributed by atoms with E-state index in [9.17, 15) is 18.0 Å². The number of rotatable bonds is 4. The lowest BCUT2D eigenvalue weighted by Gasteiger charge is -2.17. The third kappa shape index (κ3) is 4.76. The minimum atomic E-state index is -4.52. The molecule has 0 heterocycles. The smallest absolute Gasteiger partial charge is 0.293 e. The number of carbonyl (C=O) groups is 1. The zero-order valence-corrected chi connectivity index (χ0v) is 14.1. The Morgan fingerprint density at radius 2 is 1.59 bits per heavy atom. The number of alkyl halides is 3. The molecule has 2 rings (SSSR count). The molecule has 0 radical (unpaired) electrons. The van der Waals surface area contributed by atoms with Gasteiger partial charge in [0.15, 0.2) is 5.78 Å². The lowest BCUT2D eigenvalue weighted by Crippen LogP contribution is -2.15. The molecule has 2 aromatic carbocycles. The predicted octanol–water partition coefficient (Wildman–Crippen LogP) is 6.28. The van der Waals surface area contributed by atoms with Crippen molar-refractivity contribution >= 4 is 45.1 Å². The molecule has 0 N–H and O–H groups in total. The van der Waals surface area contributed by atoms with E-state index >= 15 is 0 Å². The molecular formula is C15H9BrClF3OS. The second-order valence-corrected chi connectivity index (χ2v) is 6.89. The van der Waals surface area contributed by atoms with Crippen LogP contribution in [0.4, 0.5) is 13.2 Å².